The zero-order valence-electron chi connectivity index (χ0n) is 15.4. The number of aryl methyl sites for hydroxylation is 1. The first-order chi connectivity index (χ1) is 11.8. The van der Waals surface area contributed by atoms with E-state index in [1.165, 1.54) is 4.90 Å². The Kier molecular flexibility index (Phi) is 6.17. The molecule has 4 amide bonds. The van der Waals surface area contributed by atoms with Crippen LogP contribution in [0.15, 0.2) is 24.3 Å². The summed E-state index contributed by atoms with van der Waals surface area (Å²) in [6.45, 7) is 8.85. The van der Waals surface area contributed by atoms with Gasteiger partial charge in [0, 0.05) is 13.1 Å². The van der Waals surface area contributed by atoms with Crippen LogP contribution in [0.3, 0.4) is 0 Å². The van der Waals surface area contributed by atoms with E-state index in [0.29, 0.717) is 24.7 Å². The lowest BCUT2D eigenvalue weighted by atomic mass is 10.1. The van der Waals surface area contributed by atoms with Crippen molar-refractivity contribution in [2.24, 2.45) is 5.92 Å². The summed E-state index contributed by atoms with van der Waals surface area (Å²) in [5.74, 6) is -0.138. The maximum Gasteiger partial charge on any atom is 0.332 e. The van der Waals surface area contributed by atoms with E-state index in [1.54, 1.807) is 11.0 Å². The van der Waals surface area contributed by atoms with Gasteiger partial charge < -0.3 is 10.2 Å². The first-order valence-electron chi connectivity index (χ1n) is 8.83. The Hall–Kier alpha value is -2.37. The number of hydrogen-bond acceptors (Lipinski definition) is 3. The molecule has 6 nitrogen and oxygen atoms in total. The third kappa shape index (κ3) is 4.38. The number of rotatable bonds is 7. The van der Waals surface area contributed by atoms with Crippen LogP contribution in [0.1, 0.15) is 39.2 Å². The van der Waals surface area contributed by atoms with E-state index in [2.05, 4.69) is 19.2 Å². The van der Waals surface area contributed by atoms with Gasteiger partial charge in [0.25, 0.3) is 5.91 Å². The summed E-state index contributed by atoms with van der Waals surface area (Å²) < 4.78 is 0. The van der Waals surface area contributed by atoms with Crippen molar-refractivity contribution in [2.45, 2.75) is 46.6 Å². The Labute approximate surface area is 149 Å². The van der Waals surface area contributed by atoms with Gasteiger partial charge in [-0.1, -0.05) is 26.0 Å². The zero-order valence-corrected chi connectivity index (χ0v) is 15.4. The summed E-state index contributed by atoms with van der Waals surface area (Å²) in [5, 5.41) is 2.71. The van der Waals surface area contributed by atoms with Gasteiger partial charge in [-0.25, -0.2) is 9.69 Å². The van der Waals surface area contributed by atoms with Crippen molar-refractivity contribution in [2.75, 3.05) is 18.0 Å². The summed E-state index contributed by atoms with van der Waals surface area (Å²) in [6.07, 6.45) is 0.783. The number of hydrogen-bond donors (Lipinski definition) is 1. The number of imide groups is 1. The number of nitrogens with zero attached hydrogens (tertiary/aromatic N) is 2. The second-order valence-electron chi connectivity index (χ2n) is 6.84. The van der Waals surface area contributed by atoms with Crippen LogP contribution in [0, 0.1) is 12.8 Å². The molecule has 0 unspecified atom stereocenters. The number of benzene rings is 1. The van der Waals surface area contributed by atoms with E-state index in [9.17, 15) is 14.4 Å². The number of urea groups is 1. The monoisotopic (exact) mass is 345 g/mol. The Bertz CT molecular complexity index is 657. The Morgan fingerprint density at radius 3 is 2.60 bits per heavy atom. The Balaban J connectivity index is 2.29. The highest BCUT2D eigenvalue weighted by atomic mass is 16.2. The summed E-state index contributed by atoms with van der Waals surface area (Å²) in [7, 11) is 0. The highest BCUT2D eigenvalue weighted by molar-refractivity contribution is 6.22. The lowest BCUT2D eigenvalue weighted by Gasteiger charge is -2.22. The number of anilines is 1. The molecule has 0 aromatic heterocycles. The van der Waals surface area contributed by atoms with Gasteiger partial charge >= 0.3 is 6.03 Å². The van der Waals surface area contributed by atoms with E-state index < -0.39 is 6.04 Å². The summed E-state index contributed by atoms with van der Waals surface area (Å²) >= 11 is 0. The lowest BCUT2D eigenvalue weighted by Crippen LogP contribution is -2.40. The van der Waals surface area contributed by atoms with Crippen molar-refractivity contribution < 1.29 is 14.4 Å². The van der Waals surface area contributed by atoms with Gasteiger partial charge in [-0.05, 0) is 43.9 Å². The number of nitrogens with one attached hydrogen (secondary N) is 1. The fraction of sp³-hybridized carbons (Fsp3) is 0.526. The molecule has 1 heterocycles. The molecule has 25 heavy (non-hydrogen) atoms. The van der Waals surface area contributed by atoms with Crippen molar-refractivity contribution in [3.8, 4) is 0 Å². The van der Waals surface area contributed by atoms with Gasteiger partial charge in [-0.3, -0.25) is 9.59 Å². The average molecular weight is 345 g/mol. The highest BCUT2D eigenvalue weighted by Gasteiger charge is 2.46. The smallest absolute Gasteiger partial charge is 0.332 e. The summed E-state index contributed by atoms with van der Waals surface area (Å²) in [4.78, 5) is 40.6. The van der Waals surface area contributed by atoms with Gasteiger partial charge in [-0.2, -0.15) is 0 Å². The van der Waals surface area contributed by atoms with Gasteiger partial charge in [0.05, 0.1) is 12.1 Å². The molecule has 136 valence electrons. The molecular formula is C19H27N3O3. The minimum atomic E-state index is -0.738. The van der Waals surface area contributed by atoms with Crippen molar-refractivity contribution >= 4 is 23.5 Å². The van der Waals surface area contributed by atoms with Crippen LogP contribution in [0.5, 0.6) is 0 Å². The molecule has 1 aromatic carbocycles. The Morgan fingerprint density at radius 2 is 2.00 bits per heavy atom. The fourth-order valence-electron chi connectivity index (χ4n) is 2.93. The molecule has 1 aromatic rings. The first-order valence-corrected chi connectivity index (χ1v) is 8.83. The molecule has 0 bridgehead atoms. The maximum atomic E-state index is 12.9. The van der Waals surface area contributed by atoms with Gasteiger partial charge in [0.1, 0.15) is 6.04 Å². The quantitative estimate of drug-likeness (QED) is 0.773. The predicted molar refractivity (Wildman–Crippen MR) is 97.3 cm³/mol. The van der Waals surface area contributed by atoms with E-state index in [-0.39, 0.29) is 24.3 Å². The molecule has 2 rings (SSSR count). The average Bonchev–Trinajstić information content (AvgIpc) is 2.76. The minimum absolute atomic E-state index is 0.00117. The second kappa shape index (κ2) is 8.14. The predicted octanol–water partition coefficient (Wildman–Crippen LogP) is 2.70. The molecule has 1 atom stereocenters. The van der Waals surface area contributed by atoms with Crippen LogP contribution in [0.2, 0.25) is 0 Å². The SMILES string of the molecule is CCNC(=O)C[C@H]1C(=O)N(c2cccc(C)c2)C(=O)N1CCC(C)C. The van der Waals surface area contributed by atoms with E-state index in [4.69, 9.17) is 0 Å². The Morgan fingerprint density at radius 1 is 1.28 bits per heavy atom. The second-order valence-corrected chi connectivity index (χ2v) is 6.84. The summed E-state index contributed by atoms with van der Waals surface area (Å²) in [6, 6.07) is 6.21. The maximum absolute atomic E-state index is 12.9. The zero-order chi connectivity index (χ0) is 18.6. The third-order valence-electron chi connectivity index (χ3n) is 4.28. The molecule has 1 N–H and O–H groups in total. The molecule has 0 radical (unpaired) electrons. The molecule has 0 aliphatic carbocycles. The molecule has 6 heteroatoms. The molecule has 0 spiro atoms. The molecule has 1 aliphatic heterocycles. The van der Waals surface area contributed by atoms with Crippen molar-refractivity contribution in [1.82, 2.24) is 10.2 Å². The minimum Gasteiger partial charge on any atom is -0.356 e. The highest BCUT2D eigenvalue weighted by Crippen LogP contribution is 2.28. The standard InChI is InChI=1S/C19H27N3O3/c1-5-20-17(23)12-16-18(24)22(15-8-6-7-14(4)11-15)19(25)21(16)10-9-13(2)3/h6-8,11,13,16H,5,9-10,12H2,1-4H3,(H,20,23)/t16-/m0/s1. The van der Waals surface area contributed by atoms with Gasteiger partial charge in [0.15, 0.2) is 0 Å². The largest absolute Gasteiger partial charge is 0.356 e. The van der Waals surface area contributed by atoms with Crippen molar-refractivity contribution in [1.29, 1.82) is 0 Å². The fourth-order valence-corrected chi connectivity index (χ4v) is 2.93. The molecule has 1 aliphatic rings. The normalized spacial score (nSPS) is 17.6. The number of carbonyl (C=O) groups excluding carboxylic acids is 3. The van der Waals surface area contributed by atoms with Crippen LogP contribution >= 0.6 is 0 Å². The molecule has 0 saturated carbocycles. The molecular weight excluding hydrogens is 318 g/mol. The van der Waals surface area contributed by atoms with Crippen LogP contribution in [-0.4, -0.2) is 41.9 Å². The van der Waals surface area contributed by atoms with Crippen LogP contribution in [0.25, 0.3) is 0 Å². The van der Waals surface area contributed by atoms with Crippen molar-refractivity contribution in [3.05, 3.63) is 29.8 Å². The lowest BCUT2D eigenvalue weighted by molar-refractivity contribution is -0.127. The van der Waals surface area contributed by atoms with Gasteiger partial charge in [0.2, 0.25) is 5.91 Å². The topological polar surface area (TPSA) is 69.7 Å². The summed E-state index contributed by atoms with van der Waals surface area (Å²) in [5.41, 5.74) is 1.53. The first kappa shape index (κ1) is 19.0. The van der Waals surface area contributed by atoms with E-state index in [0.717, 1.165) is 12.0 Å². The molecule has 1 fully saturated rings. The number of carbonyl (C=O) groups is 3. The number of amides is 4. The molecule has 1 saturated heterocycles. The van der Waals surface area contributed by atoms with Crippen LogP contribution < -0.4 is 10.2 Å². The van der Waals surface area contributed by atoms with Gasteiger partial charge in [-0.15, -0.1) is 0 Å². The van der Waals surface area contributed by atoms with Crippen LogP contribution in [-0.2, 0) is 9.59 Å². The third-order valence-corrected chi connectivity index (χ3v) is 4.28. The van der Waals surface area contributed by atoms with Crippen molar-refractivity contribution in [3.63, 3.8) is 0 Å². The van der Waals surface area contributed by atoms with E-state index >= 15 is 0 Å². The van der Waals surface area contributed by atoms with Crippen LogP contribution in [0.4, 0.5) is 10.5 Å². The van der Waals surface area contributed by atoms with E-state index in [1.807, 2.05) is 32.0 Å².